The fourth-order valence-electron chi connectivity index (χ4n) is 2.82. The molecule has 0 bridgehead atoms. The highest BCUT2D eigenvalue weighted by molar-refractivity contribution is 7.09. The van der Waals surface area contributed by atoms with Crippen molar-refractivity contribution in [3.8, 4) is 0 Å². The van der Waals surface area contributed by atoms with Gasteiger partial charge in [-0.3, -0.25) is 20.4 Å². The van der Waals surface area contributed by atoms with Crippen molar-refractivity contribution in [1.82, 2.24) is 15.8 Å². The zero-order chi connectivity index (χ0) is 20.6. The number of carbonyl (C=O) groups is 2. The normalized spacial score (nSPS) is 10.4. The maximum absolute atomic E-state index is 12.5. The van der Waals surface area contributed by atoms with Crippen LogP contribution in [0.4, 0.5) is 5.69 Å². The number of anilines is 1. The van der Waals surface area contributed by atoms with E-state index in [4.69, 9.17) is 0 Å². The third kappa shape index (κ3) is 6.43. The van der Waals surface area contributed by atoms with Crippen LogP contribution in [0.3, 0.4) is 0 Å². The summed E-state index contributed by atoms with van der Waals surface area (Å²) in [5.41, 5.74) is 9.06. The van der Waals surface area contributed by atoms with Gasteiger partial charge in [0.15, 0.2) is 0 Å². The smallest absolute Gasteiger partial charge is 0.257 e. The molecule has 6 nitrogen and oxygen atoms in total. The van der Waals surface area contributed by atoms with Gasteiger partial charge in [-0.05, 0) is 31.5 Å². The van der Waals surface area contributed by atoms with Gasteiger partial charge >= 0.3 is 0 Å². The van der Waals surface area contributed by atoms with Crippen LogP contribution in [-0.4, -0.2) is 23.3 Å². The van der Waals surface area contributed by atoms with Crippen molar-refractivity contribution in [3.05, 3.63) is 81.8 Å². The Bertz CT molecular complexity index is 954. The molecular formula is C22H24N4O2S. The van der Waals surface area contributed by atoms with Gasteiger partial charge in [0.05, 0.1) is 13.0 Å². The molecule has 29 heavy (non-hydrogen) atoms. The Morgan fingerprint density at radius 3 is 2.31 bits per heavy atom. The highest BCUT2D eigenvalue weighted by Crippen LogP contribution is 2.18. The SMILES string of the molecule is Cc1ccc(N(CC(=O)NNC(=O)Cc2nc(C)cs2)Cc2ccccc2)cc1. The average molecular weight is 409 g/mol. The third-order valence-electron chi connectivity index (χ3n) is 4.27. The summed E-state index contributed by atoms with van der Waals surface area (Å²) < 4.78 is 0. The minimum absolute atomic E-state index is 0.120. The molecule has 3 rings (SSSR count). The zero-order valence-corrected chi connectivity index (χ0v) is 17.3. The fourth-order valence-corrected chi connectivity index (χ4v) is 3.59. The Balaban J connectivity index is 1.59. The first-order valence-electron chi connectivity index (χ1n) is 9.34. The predicted molar refractivity (Wildman–Crippen MR) is 116 cm³/mol. The first-order valence-corrected chi connectivity index (χ1v) is 10.2. The molecule has 0 spiro atoms. The quantitative estimate of drug-likeness (QED) is 0.589. The number of rotatable bonds is 7. The van der Waals surface area contributed by atoms with Crippen molar-refractivity contribution in [2.75, 3.05) is 11.4 Å². The molecule has 0 saturated carbocycles. The standard InChI is InChI=1S/C22H24N4O2S/c1-16-8-10-19(11-9-16)26(13-18-6-4-3-5-7-18)14-21(28)25-24-20(27)12-22-23-17(2)15-29-22/h3-11,15H,12-14H2,1-2H3,(H,24,27)(H,25,28). The molecule has 150 valence electrons. The molecule has 2 amide bonds. The number of nitrogens with zero attached hydrogens (tertiary/aromatic N) is 2. The van der Waals surface area contributed by atoms with Crippen LogP contribution in [0.25, 0.3) is 0 Å². The number of hydrogen-bond donors (Lipinski definition) is 2. The van der Waals surface area contributed by atoms with Crippen molar-refractivity contribution in [2.45, 2.75) is 26.8 Å². The van der Waals surface area contributed by atoms with Gasteiger partial charge in [-0.1, -0.05) is 48.0 Å². The van der Waals surface area contributed by atoms with Gasteiger partial charge in [-0.2, -0.15) is 0 Å². The van der Waals surface area contributed by atoms with E-state index in [0.717, 1.165) is 27.5 Å². The van der Waals surface area contributed by atoms with Gasteiger partial charge < -0.3 is 4.90 Å². The van der Waals surface area contributed by atoms with Gasteiger partial charge in [0.1, 0.15) is 5.01 Å². The Kier molecular flexibility index (Phi) is 6.97. The highest BCUT2D eigenvalue weighted by atomic mass is 32.1. The van der Waals surface area contributed by atoms with Crippen LogP contribution in [-0.2, 0) is 22.6 Å². The minimum Gasteiger partial charge on any atom is -0.358 e. The highest BCUT2D eigenvalue weighted by Gasteiger charge is 2.14. The number of hydrogen-bond acceptors (Lipinski definition) is 5. The van der Waals surface area contributed by atoms with Crippen LogP contribution in [0.5, 0.6) is 0 Å². The summed E-state index contributed by atoms with van der Waals surface area (Å²) in [5.74, 6) is -0.581. The second kappa shape index (κ2) is 9.84. The van der Waals surface area contributed by atoms with E-state index in [1.807, 2.05) is 78.7 Å². The largest absolute Gasteiger partial charge is 0.358 e. The van der Waals surface area contributed by atoms with E-state index in [2.05, 4.69) is 15.8 Å². The second-order valence-electron chi connectivity index (χ2n) is 6.83. The van der Waals surface area contributed by atoms with Gasteiger partial charge in [0.25, 0.3) is 5.91 Å². The van der Waals surface area contributed by atoms with Crippen molar-refractivity contribution >= 4 is 28.8 Å². The lowest BCUT2D eigenvalue weighted by Gasteiger charge is -2.24. The second-order valence-corrected chi connectivity index (χ2v) is 7.78. The van der Waals surface area contributed by atoms with Gasteiger partial charge in [0, 0.05) is 23.3 Å². The zero-order valence-electron chi connectivity index (χ0n) is 16.5. The number of nitrogens with one attached hydrogen (secondary N) is 2. The Hall–Kier alpha value is -3.19. The topological polar surface area (TPSA) is 74.3 Å². The third-order valence-corrected chi connectivity index (χ3v) is 5.24. The Labute approximate surface area is 174 Å². The number of thiazole rings is 1. The summed E-state index contributed by atoms with van der Waals surface area (Å²) in [6.45, 7) is 4.61. The number of amides is 2. The molecule has 7 heteroatoms. The molecule has 0 fully saturated rings. The first-order chi connectivity index (χ1) is 14.0. The molecule has 1 aromatic heterocycles. The summed E-state index contributed by atoms with van der Waals surface area (Å²) in [6.07, 6.45) is 0.143. The minimum atomic E-state index is -0.294. The van der Waals surface area contributed by atoms with Gasteiger partial charge in [-0.25, -0.2) is 4.98 Å². The van der Waals surface area contributed by atoms with E-state index in [0.29, 0.717) is 6.54 Å². The number of hydrazine groups is 1. The molecule has 0 radical (unpaired) electrons. The van der Waals surface area contributed by atoms with Crippen LogP contribution < -0.4 is 15.8 Å². The maximum Gasteiger partial charge on any atom is 0.257 e. The molecule has 0 saturated heterocycles. The van der Waals surface area contributed by atoms with E-state index in [-0.39, 0.29) is 24.8 Å². The fraction of sp³-hybridized carbons (Fsp3) is 0.227. The molecular weight excluding hydrogens is 384 g/mol. The lowest BCUT2D eigenvalue weighted by molar-refractivity contribution is -0.127. The van der Waals surface area contributed by atoms with Crippen molar-refractivity contribution < 1.29 is 9.59 Å². The van der Waals surface area contributed by atoms with E-state index >= 15 is 0 Å². The number of benzene rings is 2. The predicted octanol–water partition coefficient (Wildman–Crippen LogP) is 3.16. The molecule has 2 N–H and O–H groups in total. The summed E-state index contributed by atoms with van der Waals surface area (Å²) >= 11 is 1.43. The molecule has 0 aliphatic carbocycles. The molecule has 0 unspecified atom stereocenters. The van der Waals surface area contributed by atoms with Crippen LogP contribution in [0.2, 0.25) is 0 Å². The monoisotopic (exact) mass is 408 g/mol. The number of aromatic nitrogens is 1. The van der Waals surface area contributed by atoms with Gasteiger partial charge in [0.2, 0.25) is 5.91 Å². The van der Waals surface area contributed by atoms with Crippen LogP contribution in [0.1, 0.15) is 21.8 Å². The van der Waals surface area contributed by atoms with Crippen molar-refractivity contribution in [1.29, 1.82) is 0 Å². The van der Waals surface area contributed by atoms with E-state index in [9.17, 15) is 9.59 Å². The molecule has 0 atom stereocenters. The average Bonchev–Trinajstić information content (AvgIpc) is 3.12. The summed E-state index contributed by atoms with van der Waals surface area (Å²) in [4.78, 5) is 30.7. The lowest BCUT2D eigenvalue weighted by atomic mass is 10.1. The Morgan fingerprint density at radius 1 is 0.966 bits per heavy atom. The molecule has 1 heterocycles. The summed E-state index contributed by atoms with van der Waals surface area (Å²) in [6, 6.07) is 18.0. The molecule has 3 aromatic rings. The maximum atomic E-state index is 12.5. The molecule has 2 aromatic carbocycles. The van der Waals surface area contributed by atoms with E-state index < -0.39 is 0 Å². The van der Waals surface area contributed by atoms with Crippen molar-refractivity contribution in [2.24, 2.45) is 0 Å². The van der Waals surface area contributed by atoms with E-state index in [1.54, 1.807) is 0 Å². The summed E-state index contributed by atoms with van der Waals surface area (Å²) in [7, 11) is 0. The van der Waals surface area contributed by atoms with Crippen LogP contribution in [0, 0.1) is 13.8 Å². The summed E-state index contributed by atoms with van der Waals surface area (Å²) in [5, 5.41) is 2.61. The van der Waals surface area contributed by atoms with E-state index in [1.165, 1.54) is 11.3 Å². The molecule has 0 aliphatic heterocycles. The van der Waals surface area contributed by atoms with Gasteiger partial charge in [-0.15, -0.1) is 11.3 Å². The van der Waals surface area contributed by atoms with Crippen LogP contribution >= 0.6 is 11.3 Å². The van der Waals surface area contributed by atoms with Crippen LogP contribution in [0.15, 0.2) is 60.0 Å². The first kappa shape index (κ1) is 20.5. The molecule has 0 aliphatic rings. The Morgan fingerprint density at radius 2 is 1.66 bits per heavy atom. The lowest BCUT2D eigenvalue weighted by Crippen LogP contribution is -2.47. The van der Waals surface area contributed by atoms with Crippen molar-refractivity contribution in [3.63, 3.8) is 0 Å². The number of carbonyl (C=O) groups excluding carboxylic acids is 2. The number of aryl methyl sites for hydroxylation is 2.